The first-order valence-corrected chi connectivity index (χ1v) is 10.2. The number of hydrogen-bond donors (Lipinski definition) is 2. The molecule has 0 aliphatic carbocycles. The molecule has 0 saturated heterocycles. The molecule has 0 radical (unpaired) electrons. The van der Waals surface area contributed by atoms with Gasteiger partial charge in [0.05, 0.1) is 10.6 Å². The largest absolute Gasteiger partial charge is 0.508 e. The van der Waals surface area contributed by atoms with Gasteiger partial charge >= 0.3 is 5.97 Å². The molecule has 2 N–H and O–H groups in total. The zero-order valence-electron chi connectivity index (χ0n) is 13.8. The van der Waals surface area contributed by atoms with Gasteiger partial charge in [0.2, 0.25) is 0 Å². The van der Waals surface area contributed by atoms with E-state index in [1.54, 1.807) is 43.3 Å². The molecule has 134 valence electrons. The third-order valence-electron chi connectivity index (χ3n) is 3.93. The fraction of sp³-hybridized carbons (Fsp3) is 0.105. The third kappa shape index (κ3) is 3.63. The first-order chi connectivity index (χ1) is 12.3. The van der Waals surface area contributed by atoms with Crippen molar-refractivity contribution < 1.29 is 23.4 Å². The van der Waals surface area contributed by atoms with Crippen LogP contribution in [-0.4, -0.2) is 24.6 Å². The van der Waals surface area contributed by atoms with E-state index in [1.165, 1.54) is 18.2 Å². The van der Waals surface area contributed by atoms with E-state index in [0.717, 1.165) is 16.9 Å². The summed E-state index contributed by atoms with van der Waals surface area (Å²) in [7, 11) is -3.67. The van der Waals surface area contributed by atoms with E-state index in [1.807, 2.05) is 0 Å². The number of carbonyl (C=O) groups is 1. The Labute approximate surface area is 155 Å². The lowest BCUT2D eigenvalue weighted by Gasteiger charge is -2.07. The van der Waals surface area contributed by atoms with E-state index in [9.17, 15) is 23.4 Å². The Morgan fingerprint density at radius 1 is 1.08 bits per heavy atom. The highest BCUT2D eigenvalue weighted by atomic mass is 32.2. The quantitative estimate of drug-likeness (QED) is 0.686. The maximum absolute atomic E-state index is 12.8. The van der Waals surface area contributed by atoms with Crippen LogP contribution in [0.5, 0.6) is 5.75 Å². The lowest BCUT2D eigenvalue weighted by Crippen LogP contribution is -2.08. The molecule has 26 heavy (non-hydrogen) atoms. The summed E-state index contributed by atoms with van der Waals surface area (Å²) in [5.74, 6) is -1.44. The van der Waals surface area contributed by atoms with Crippen molar-refractivity contribution in [2.75, 3.05) is 0 Å². The maximum atomic E-state index is 12.8. The van der Waals surface area contributed by atoms with E-state index in [4.69, 9.17) is 0 Å². The molecule has 0 bridgehead atoms. The molecule has 5 nitrogen and oxygen atoms in total. The standard InChI is InChI=1S/C19H16O5S2/c1-12-4-2-3-5-17(12)26(23,24)11-14-10-16(25-18(14)19(21)22)13-6-8-15(20)9-7-13/h2-10,20H,11H2,1H3,(H,21,22). The van der Waals surface area contributed by atoms with Crippen LogP contribution in [0.3, 0.4) is 0 Å². The zero-order chi connectivity index (χ0) is 18.9. The molecule has 0 atom stereocenters. The van der Waals surface area contributed by atoms with E-state index in [2.05, 4.69) is 0 Å². The first-order valence-electron chi connectivity index (χ1n) is 7.72. The number of carboxylic acid groups (broad SMARTS) is 1. The molecular formula is C19H16O5S2. The van der Waals surface area contributed by atoms with E-state index in [-0.39, 0.29) is 26.8 Å². The Morgan fingerprint density at radius 3 is 2.35 bits per heavy atom. The summed E-state index contributed by atoms with van der Waals surface area (Å²) >= 11 is 1.02. The fourth-order valence-corrected chi connectivity index (χ4v) is 5.43. The highest BCUT2D eigenvalue weighted by Crippen LogP contribution is 2.34. The van der Waals surface area contributed by atoms with Crippen molar-refractivity contribution in [3.05, 3.63) is 70.6 Å². The highest BCUT2D eigenvalue weighted by molar-refractivity contribution is 7.90. The van der Waals surface area contributed by atoms with Crippen molar-refractivity contribution in [1.29, 1.82) is 0 Å². The molecule has 0 fully saturated rings. The number of thiophene rings is 1. The maximum Gasteiger partial charge on any atom is 0.346 e. The molecule has 0 spiro atoms. The summed E-state index contributed by atoms with van der Waals surface area (Å²) in [6.45, 7) is 1.71. The number of carboxylic acids is 1. The molecule has 2 aromatic carbocycles. The lowest BCUT2D eigenvalue weighted by atomic mass is 10.1. The molecule has 3 rings (SSSR count). The summed E-state index contributed by atoms with van der Waals surface area (Å²) < 4.78 is 25.5. The van der Waals surface area contributed by atoms with Crippen LogP contribution in [0.4, 0.5) is 0 Å². The van der Waals surface area contributed by atoms with Crippen LogP contribution in [0.1, 0.15) is 20.8 Å². The van der Waals surface area contributed by atoms with Crippen molar-refractivity contribution >= 4 is 27.1 Å². The fourth-order valence-electron chi connectivity index (χ4n) is 2.67. The normalized spacial score (nSPS) is 11.4. The van der Waals surface area contributed by atoms with Gasteiger partial charge in [-0.05, 0) is 60.0 Å². The van der Waals surface area contributed by atoms with E-state index in [0.29, 0.717) is 10.4 Å². The predicted molar refractivity (Wildman–Crippen MR) is 100 cm³/mol. The van der Waals surface area contributed by atoms with E-state index >= 15 is 0 Å². The summed E-state index contributed by atoms with van der Waals surface area (Å²) in [5.41, 5.74) is 1.60. The second-order valence-corrected chi connectivity index (χ2v) is 8.85. The molecule has 0 unspecified atom stereocenters. The Hall–Kier alpha value is -2.64. The van der Waals surface area contributed by atoms with Gasteiger partial charge in [-0.2, -0.15) is 0 Å². The summed E-state index contributed by atoms with van der Waals surface area (Å²) in [6, 6.07) is 14.5. The molecule has 1 aromatic heterocycles. The Morgan fingerprint density at radius 2 is 1.73 bits per heavy atom. The van der Waals surface area contributed by atoms with Gasteiger partial charge in [0, 0.05) is 4.88 Å². The van der Waals surface area contributed by atoms with Gasteiger partial charge in [-0.15, -0.1) is 11.3 Å². The molecule has 7 heteroatoms. The van der Waals surface area contributed by atoms with Crippen LogP contribution in [0.15, 0.2) is 59.5 Å². The smallest absolute Gasteiger partial charge is 0.346 e. The van der Waals surface area contributed by atoms with Crippen LogP contribution in [-0.2, 0) is 15.6 Å². The van der Waals surface area contributed by atoms with Gasteiger partial charge in [0.25, 0.3) is 0 Å². The molecule has 0 aliphatic rings. The average molecular weight is 388 g/mol. The minimum atomic E-state index is -3.67. The minimum absolute atomic E-state index is 0.00485. The van der Waals surface area contributed by atoms with Gasteiger partial charge in [0.15, 0.2) is 9.84 Å². The SMILES string of the molecule is Cc1ccccc1S(=O)(=O)Cc1cc(-c2ccc(O)cc2)sc1C(=O)O. The topological polar surface area (TPSA) is 91.7 Å². The number of sulfone groups is 1. The third-order valence-corrected chi connectivity index (χ3v) is 6.96. The molecule has 0 amide bonds. The van der Waals surface area contributed by atoms with Crippen LogP contribution in [0.25, 0.3) is 10.4 Å². The summed E-state index contributed by atoms with van der Waals surface area (Å²) in [6.07, 6.45) is 0. The predicted octanol–water partition coefficient (Wildman–Crippen LogP) is 4.10. The Balaban J connectivity index is 2.03. The zero-order valence-corrected chi connectivity index (χ0v) is 15.5. The van der Waals surface area contributed by atoms with Gasteiger partial charge < -0.3 is 10.2 Å². The molecule has 0 saturated carbocycles. The van der Waals surface area contributed by atoms with E-state index < -0.39 is 15.8 Å². The van der Waals surface area contributed by atoms with Crippen LogP contribution in [0, 0.1) is 6.92 Å². The summed E-state index contributed by atoms with van der Waals surface area (Å²) in [5, 5.41) is 18.9. The second-order valence-electron chi connectivity index (χ2n) is 5.84. The number of phenolic OH excluding ortho intramolecular Hbond substituents is 1. The van der Waals surface area contributed by atoms with Gasteiger partial charge in [-0.1, -0.05) is 18.2 Å². The molecule has 3 aromatic rings. The van der Waals surface area contributed by atoms with Crippen molar-refractivity contribution in [1.82, 2.24) is 0 Å². The van der Waals surface area contributed by atoms with Crippen LogP contribution < -0.4 is 0 Å². The van der Waals surface area contributed by atoms with Crippen molar-refractivity contribution in [3.63, 3.8) is 0 Å². The average Bonchev–Trinajstić information content (AvgIpc) is 2.99. The lowest BCUT2D eigenvalue weighted by molar-refractivity contribution is 0.0701. The molecule has 0 aliphatic heterocycles. The number of rotatable bonds is 5. The minimum Gasteiger partial charge on any atom is -0.508 e. The number of aromatic carboxylic acids is 1. The monoisotopic (exact) mass is 388 g/mol. The number of hydrogen-bond acceptors (Lipinski definition) is 5. The van der Waals surface area contributed by atoms with Gasteiger partial charge in [-0.25, -0.2) is 13.2 Å². The van der Waals surface area contributed by atoms with Crippen molar-refractivity contribution in [2.24, 2.45) is 0 Å². The van der Waals surface area contributed by atoms with Gasteiger partial charge in [0.1, 0.15) is 10.6 Å². The number of aromatic hydroxyl groups is 1. The molecule has 1 heterocycles. The van der Waals surface area contributed by atoms with Crippen molar-refractivity contribution in [2.45, 2.75) is 17.6 Å². The number of aryl methyl sites for hydroxylation is 1. The highest BCUT2D eigenvalue weighted by Gasteiger charge is 2.24. The Kier molecular flexibility index (Phi) is 4.84. The van der Waals surface area contributed by atoms with Gasteiger partial charge in [-0.3, -0.25) is 0 Å². The Bertz CT molecular complexity index is 1060. The molecular weight excluding hydrogens is 372 g/mol. The first kappa shape index (κ1) is 18.2. The second kappa shape index (κ2) is 6.93. The van der Waals surface area contributed by atoms with Crippen LogP contribution in [0.2, 0.25) is 0 Å². The summed E-state index contributed by atoms with van der Waals surface area (Å²) in [4.78, 5) is 12.4. The van der Waals surface area contributed by atoms with Crippen molar-refractivity contribution in [3.8, 4) is 16.2 Å². The number of phenols is 1. The number of benzene rings is 2. The van der Waals surface area contributed by atoms with Crippen LogP contribution >= 0.6 is 11.3 Å².